The molecule has 216 valence electrons. The van der Waals surface area contributed by atoms with E-state index in [0.29, 0.717) is 28.4 Å². The van der Waals surface area contributed by atoms with Crippen LogP contribution in [0.3, 0.4) is 0 Å². The summed E-state index contributed by atoms with van der Waals surface area (Å²) < 4.78 is 26.4. The van der Waals surface area contributed by atoms with Gasteiger partial charge < -0.3 is 14.0 Å². The fraction of sp³-hybridized carbons (Fsp3) is 0.345. The van der Waals surface area contributed by atoms with E-state index >= 15 is 0 Å². The minimum Gasteiger partial charge on any atom is -0.598 e. The van der Waals surface area contributed by atoms with Crippen LogP contribution in [0.2, 0.25) is 5.02 Å². The molecule has 3 aromatic rings. The van der Waals surface area contributed by atoms with Gasteiger partial charge in [-0.2, -0.15) is 0 Å². The third-order valence-electron chi connectivity index (χ3n) is 6.62. The molecule has 9 nitrogen and oxygen atoms in total. The maximum atomic E-state index is 12.8. The molecule has 4 rings (SSSR count). The summed E-state index contributed by atoms with van der Waals surface area (Å²) >= 11 is 12.6. The van der Waals surface area contributed by atoms with Crippen molar-refractivity contribution in [2.24, 2.45) is 0 Å². The summed E-state index contributed by atoms with van der Waals surface area (Å²) in [5.41, 5.74) is 1.54. The molecule has 41 heavy (non-hydrogen) atoms. The molecule has 0 saturated heterocycles. The van der Waals surface area contributed by atoms with Crippen molar-refractivity contribution in [2.75, 3.05) is 14.2 Å². The van der Waals surface area contributed by atoms with Crippen LogP contribution in [0.4, 0.5) is 0 Å². The van der Waals surface area contributed by atoms with Gasteiger partial charge in [-0.3, -0.25) is 9.78 Å². The third kappa shape index (κ3) is 5.98. The minimum absolute atomic E-state index is 0.0435. The number of carbonyl (C=O) groups excluding carboxylic acids is 1. The number of allylic oxidation sites excluding steroid dienone is 4. The predicted molar refractivity (Wildman–Crippen MR) is 161 cm³/mol. The molecular weight excluding hydrogens is 585 g/mol. The Labute approximate surface area is 252 Å². The first-order valence-corrected chi connectivity index (χ1v) is 14.7. The molecule has 1 aliphatic carbocycles. The molecule has 1 aromatic carbocycles. The van der Waals surface area contributed by atoms with E-state index in [9.17, 15) is 9.35 Å². The molecule has 1 N–H and O–H groups in total. The number of rotatable bonds is 9. The van der Waals surface area contributed by atoms with E-state index in [1.165, 1.54) is 20.4 Å². The number of aromatic nitrogens is 4. The van der Waals surface area contributed by atoms with Gasteiger partial charge in [0.15, 0.2) is 12.0 Å². The summed E-state index contributed by atoms with van der Waals surface area (Å²) in [6.45, 7) is 7.47. The van der Waals surface area contributed by atoms with Gasteiger partial charge in [0.05, 0.1) is 54.8 Å². The summed E-state index contributed by atoms with van der Waals surface area (Å²) in [5, 5.41) is -0.262. The number of nitrogens with one attached hydrogen (secondary N) is 1. The molecule has 1 aliphatic rings. The molecule has 3 unspecified atom stereocenters. The number of benzene rings is 1. The Balaban J connectivity index is 1.90. The number of nitrogens with zero attached hydrogens (tertiary/aromatic N) is 4. The van der Waals surface area contributed by atoms with Crippen molar-refractivity contribution in [1.82, 2.24) is 24.7 Å². The van der Waals surface area contributed by atoms with Gasteiger partial charge in [0.1, 0.15) is 10.4 Å². The van der Waals surface area contributed by atoms with Gasteiger partial charge in [0.25, 0.3) is 0 Å². The summed E-state index contributed by atoms with van der Waals surface area (Å²) in [4.78, 5) is 30.1. The van der Waals surface area contributed by atoms with E-state index in [0.717, 1.165) is 11.1 Å². The lowest BCUT2D eigenvalue weighted by atomic mass is 9.71. The normalized spacial score (nSPS) is 20.2. The van der Waals surface area contributed by atoms with Gasteiger partial charge in [-0.05, 0) is 44.9 Å². The van der Waals surface area contributed by atoms with Crippen LogP contribution in [-0.2, 0) is 16.8 Å². The number of hydrogen-bond donors (Lipinski definition) is 1. The van der Waals surface area contributed by atoms with Crippen LogP contribution in [0.1, 0.15) is 66.9 Å². The maximum Gasteiger partial charge on any atom is 0.243 e. The second kappa shape index (κ2) is 12.5. The first kappa shape index (κ1) is 30.9. The lowest BCUT2D eigenvalue weighted by Gasteiger charge is -2.37. The van der Waals surface area contributed by atoms with Crippen LogP contribution in [0.25, 0.3) is 5.57 Å². The highest BCUT2D eigenvalue weighted by Crippen LogP contribution is 2.48. The topological polar surface area (TPSA) is 122 Å². The fourth-order valence-corrected chi connectivity index (χ4v) is 5.95. The SMILES string of the molecule is COc1nc(C2(c3cnc(C(C)N[S@+]([O-])C(C)(C)C)c(OC)n3)C=CC=C(c3ccccc3Cl)C2Cl)cnc1C=O. The van der Waals surface area contributed by atoms with E-state index in [2.05, 4.69) is 14.7 Å². The van der Waals surface area contributed by atoms with Gasteiger partial charge in [-0.25, -0.2) is 15.0 Å². The molecule has 0 saturated carbocycles. The number of hydrogen-bond acceptors (Lipinski definition) is 9. The zero-order valence-electron chi connectivity index (χ0n) is 23.5. The average Bonchev–Trinajstić information content (AvgIpc) is 2.96. The van der Waals surface area contributed by atoms with Gasteiger partial charge in [0.2, 0.25) is 11.8 Å². The number of aldehydes is 1. The maximum absolute atomic E-state index is 12.8. The van der Waals surface area contributed by atoms with Crippen LogP contribution in [0.5, 0.6) is 11.8 Å². The molecule has 0 bridgehead atoms. The highest BCUT2D eigenvalue weighted by Gasteiger charge is 2.47. The molecule has 0 amide bonds. The first-order chi connectivity index (χ1) is 19.5. The quantitative estimate of drug-likeness (QED) is 0.191. The van der Waals surface area contributed by atoms with Crippen molar-refractivity contribution in [3.8, 4) is 11.8 Å². The second-order valence-corrected chi connectivity index (χ2v) is 13.2. The molecule has 2 aromatic heterocycles. The molecule has 0 fully saturated rings. The van der Waals surface area contributed by atoms with Gasteiger partial charge in [-0.15, -0.1) is 16.3 Å². The van der Waals surface area contributed by atoms with Crippen LogP contribution in [0, 0.1) is 0 Å². The number of ether oxygens (including phenoxy) is 2. The Hall–Kier alpha value is -3.02. The van der Waals surface area contributed by atoms with Gasteiger partial charge in [-0.1, -0.05) is 48.0 Å². The molecule has 12 heteroatoms. The van der Waals surface area contributed by atoms with Crippen molar-refractivity contribution in [1.29, 1.82) is 0 Å². The Morgan fingerprint density at radius 2 is 1.73 bits per heavy atom. The summed E-state index contributed by atoms with van der Waals surface area (Å²) in [6.07, 6.45) is 9.22. The van der Waals surface area contributed by atoms with Gasteiger partial charge in [0, 0.05) is 16.4 Å². The number of halogens is 2. The third-order valence-corrected chi connectivity index (χ3v) is 9.21. The van der Waals surface area contributed by atoms with Crippen molar-refractivity contribution in [2.45, 2.75) is 49.3 Å². The zero-order valence-corrected chi connectivity index (χ0v) is 25.8. The average molecular weight is 617 g/mol. The van der Waals surface area contributed by atoms with Crippen molar-refractivity contribution in [3.05, 3.63) is 88.2 Å². The van der Waals surface area contributed by atoms with Crippen molar-refractivity contribution >= 4 is 46.4 Å². The van der Waals surface area contributed by atoms with Crippen molar-refractivity contribution in [3.63, 3.8) is 0 Å². The lowest BCUT2D eigenvalue weighted by Crippen LogP contribution is -2.41. The van der Waals surface area contributed by atoms with E-state index < -0.39 is 32.9 Å². The second-order valence-electron chi connectivity index (χ2n) is 10.3. The molecule has 0 aliphatic heterocycles. The van der Waals surface area contributed by atoms with Gasteiger partial charge >= 0.3 is 0 Å². The molecule has 0 spiro atoms. The predicted octanol–water partition coefficient (Wildman–Crippen LogP) is 5.41. The van der Waals surface area contributed by atoms with E-state index in [1.54, 1.807) is 12.3 Å². The lowest BCUT2D eigenvalue weighted by molar-refractivity contribution is 0.111. The number of methoxy groups -OCH3 is 2. The Morgan fingerprint density at radius 3 is 2.34 bits per heavy atom. The largest absolute Gasteiger partial charge is 0.598 e. The summed E-state index contributed by atoms with van der Waals surface area (Å²) in [5.74, 6) is 0.269. The van der Waals surface area contributed by atoms with E-state index in [-0.39, 0.29) is 17.5 Å². The zero-order chi connectivity index (χ0) is 29.9. The van der Waals surface area contributed by atoms with Crippen LogP contribution in [0.15, 0.2) is 54.9 Å². The molecule has 4 atom stereocenters. The summed E-state index contributed by atoms with van der Waals surface area (Å²) in [7, 11) is 2.90. The van der Waals surface area contributed by atoms with Crippen LogP contribution in [-0.4, -0.2) is 55.1 Å². The van der Waals surface area contributed by atoms with E-state index in [4.69, 9.17) is 42.6 Å². The monoisotopic (exact) mass is 615 g/mol. The summed E-state index contributed by atoms with van der Waals surface area (Å²) in [6, 6.07) is 6.94. The highest BCUT2D eigenvalue weighted by molar-refractivity contribution is 7.90. The number of alkyl halides is 1. The minimum atomic E-state index is -1.35. The fourth-order valence-electron chi connectivity index (χ4n) is 4.43. The highest BCUT2D eigenvalue weighted by atomic mass is 35.5. The molecule has 0 radical (unpaired) electrons. The Bertz CT molecular complexity index is 1500. The standard InChI is InChI=1S/C29H31Cl2N5O4S/c1-17(36-41(38)28(2,3)4)24-27(40-6)35-23(15-33-24)29(22-14-32-21(16-37)26(34-22)39-5)13-9-11-19(25(29)31)18-10-7-8-12-20(18)30/h7-17,25,36H,1-6H3/t17?,25?,29?,41-/m1/s1. The Morgan fingerprint density at radius 1 is 1.10 bits per heavy atom. The molecule has 2 heterocycles. The smallest absolute Gasteiger partial charge is 0.243 e. The first-order valence-electron chi connectivity index (χ1n) is 12.7. The van der Waals surface area contributed by atoms with Crippen molar-refractivity contribution < 1.29 is 18.8 Å². The van der Waals surface area contributed by atoms with E-state index in [1.807, 2.05) is 64.1 Å². The number of carbonyl (C=O) groups is 1. The van der Waals surface area contributed by atoms with Crippen LogP contribution < -0.4 is 14.2 Å². The molecular formula is C29H31Cl2N5O4S. The Kier molecular flexibility index (Phi) is 9.40. The van der Waals surface area contributed by atoms with Crippen LogP contribution >= 0.6 is 23.2 Å².